The maximum Gasteiger partial charge on any atom is 0.321 e. The van der Waals surface area contributed by atoms with Crippen LogP contribution in [0, 0.1) is 5.41 Å². The minimum Gasteiger partial charge on any atom is -0.369 e. The quantitative estimate of drug-likeness (QED) is 0.727. The van der Waals surface area contributed by atoms with Gasteiger partial charge in [-0.15, -0.1) is 11.3 Å². The molecule has 0 radical (unpaired) electrons. The highest BCUT2D eigenvalue weighted by Crippen LogP contribution is 2.13. The number of nitrogens with zero attached hydrogens (tertiary/aromatic N) is 1. The molecule has 1 heterocycles. The number of amides is 3. The molecule has 1 rings (SSSR count). The van der Waals surface area contributed by atoms with E-state index in [-0.39, 0.29) is 6.54 Å². The molecular weight excluding hydrogens is 228 g/mol. The van der Waals surface area contributed by atoms with Gasteiger partial charge in [-0.25, -0.2) is 9.78 Å². The van der Waals surface area contributed by atoms with Crippen LogP contribution < -0.4 is 16.4 Å². The normalized spacial score (nSPS) is 10.9. The highest BCUT2D eigenvalue weighted by molar-refractivity contribution is 7.13. The van der Waals surface area contributed by atoms with E-state index in [2.05, 4.69) is 15.6 Å². The zero-order valence-corrected chi connectivity index (χ0v) is 9.93. The fraction of sp³-hybridized carbons (Fsp3) is 0.444. The van der Waals surface area contributed by atoms with E-state index in [4.69, 9.17) is 5.73 Å². The molecule has 0 aromatic carbocycles. The molecule has 7 heteroatoms. The molecule has 0 atom stereocenters. The summed E-state index contributed by atoms with van der Waals surface area (Å²) < 4.78 is 0. The van der Waals surface area contributed by atoms with Gasteiger partial charge in [-0.2, -0.15) is 0 Å². The van der Waals surface area contributed by atoms with Crippen molar-refractivity contribution >= 4 is 28.4 Å². The summed E-state index contributed by atoms with van der Waals surface area (Å²) >= 11 is 1.32. The fourth-order valence-electron chi connectivity index (χ4n) is 0.815. The van der Waals surface area contributed by atoms with Gasteiger partial charge < -0.3 is 11.1 Å². The van der Waals surface area contributed by atoms with Crippen molar-refractivity contribution in [3.63, 3.8) is 0 Å². The number of anilines is 1. The molecule has 1 aromatic heterocycles. The highest BCUT2D eigenvalue weighted by atomic mass is 32.1. The Balaban J connectivity index is 2.39. The van der Waals surface area contributed by atoms with Crippen LogP contribution >= 0.6 is 11.3 Å². The number of hydrogen-bond acceptors (Lipinski definition) is 4. The molecule has 6 nitrogen and oxygen atoms in total. The van der Waals surface area contributed by atoms with Crippen molar-refractivity contribution in [2.24, 2.45) is 11.1 Å². The van der Waals surface area contributed by atoms with Crippen molar-refractivity contribution in [2.45, 2.75) is 13.8 Å². The molecule has 0 aliphatic rings. The third-order valence-electron chi connectivity index (χ3n) is 2.01. The predicted molar refractivity (Wildman–Crippen MR) is 62.1 cm³/mol. The summed E-state index contributed by atoms with van der Waals surface area (Å²) in [4.78, 5) is 26.3. The van der Waals surface area contributed by atoms with Crippen molar-refractivity contribution < 1.29 is 9.59 Å². The van der Waals surface area contributed by atoms with E-state index in [0.717, 1.165) is 0 Å². The van der Waals surface area contributed by atoms with E-state index in [9.17, 15) is 9.59 Å². The molecule has 16 heavy (non-hydrogen) atoms. The Kier molecular flexibility index (Phi) is 3.83. The molecule has 3 amide bonds. The van der Waals surface area contributed by atoms with Crippen LogP contribution in [0.2, 0.25) is 0 Å². The molecule has 0 saturated carbocycles. The first-order valence-electron chi connectivity index (χ1n) is 4.66. The Morgan fingerprint density at radius 3 is 2.75 bits per heavy atom. The lowest BCUT2D eigenvalue weighted by Crippen LogP contribution is -2.43. The summed E-state index contributed by atoms with van der Waals surface area (Å²) in [6.07, 6.45) is 1.59. The van der Waals surface area contributed by atoms with Crippen LogP contribution in [0.15, 0.2) is 11.6 Å². The van der Waals surface area contributed by atoms with Crippen molar-refractivity contribution in [3.8, 4) is 0 Å². The van der Waals surface area contributed by atoms with E-state index in [1.165, 1.54) is 11.3 Å². The molecule has 4 N–H and O–H groups in total. The first-order valence-corrected chi connectivity index (χ1v) is 5.54. The monoisotopic (exact) mass is 242 g/mol. The second-order valence-electron chi connectivity index (χ2n) is 3.89. The van der Waals surface area contributed by atoms with Gasteiger partial charge in [-0.1, -0.05) is 0 Å². The van der Waals surface area contributed by atoms with Crippen LogP contribution in [0.25, 0.3) is 0 Å². The maximum absolute atomic E-state index is 11.4. The van der Waals surface area contributed by atoms with Crippen LogP contribution in [0.5, 0.6) is 0 Å². The molecule has 0 aliphatic carbocycles. The Labute approximate surface area is 97.2 Å². The molecule has 0 unspecified atom stereocenters. The minimum atomic E-state index is -0.764. The standard InChI is InChI=1S/C9H14N4O2S/c1-9(2,6(10)14)5-12-7(15)13-8-11-3-4-16-8/h3-4H,5H2,1-2H3,(H2,10,14)(H2,11,12,13,15). The van der Waals surface area contributed by atoms with E-state index in [1.807, 2.05) is 0 Å². The number of rotatable bonds is 4. The van der Waals surface area contributed by atoms with Crippen LogP contribution in [-0.2, 0) is 4.79 Å². The zero-order valence-electron chi connectivity index (χ0n) is 9.11. The number of nitrogens with two attached hydrogens (primary N) is 1. The zero-order chi connectivity index (χ0) is 12.2. The molecule has 88 valence electrons. The van der Waals surface area contributed by atoms with Crippen LogP contribution in [0.1, 0.15) is 13.8 Å². The van der Waals surface area contributed by atoms with Gasteiger partial charge in [-0.3, -0.25) is 10.1 Å². The molecule has 0 saturated heterocycles. The van der Waals surface area contributed by atoms with E-state index >= 15 is 0 Å². The Morgan fingerprint density at radius 1 is 1.56 bits per heavy atom. The molecule has 0 bridgehead atoms. The van der Waals surface area contributed by atoms with Crippen LogP contribution in [0.4, 0.5) is 9.93 Å². The average Bonchev–Trinajstić information content (AvgIpc) is 2.67. The summed E-state index contributed by atoms with van der Waals surface area (Å²) in [5, 5.41) is 7.36. The number of hydrogen-bond donors (Lipinski definition) is 3. The first-order chi connectivity index (χ1) is 7.42. The molecular formula is C9H14N4O2S. The highest BCUT2D eigenvalue weighted by Gasteiger charge is 2.25. The number of carbonyl (C=O) groups is 2. The van der Waals surface area contributed by atoms with Gasteiger partial charge >= 0.3 is 6.03 Å². The number of nitrogens with one attached hydrogen (secondary N) is 2. The molecule has 0 spiro atoms. The molecule has 0 aliphatic heterocycles. The van der Waals surface area contributed by atoms with Gasteiger partial charge in [0.25, 0.3) is 0 Å². The lowest BCUT2D eigenvalue weighted by Gasteiger charge is -2.20. The summed E-state index contributed by atoms with van der Waals surface area (Å²) in [5.74, 6) is -0.456. The topological polar surface area (TPSA) is 97.1 Å². The van der Waals surface area contributed by atoms with Crippen molar-refractivity contribution in [1.29, 1.82) is 0 Å². The summed E-state index contributed by atoms with van der Waals surface area (Å²) in [6, 6.07) is -0.399. The maximum atomic E-state index is 11.4. The summed E-state index contributed by atoms with van der Waals surface area (Å²) in [6.45, 7) is 3.51. The van der Waals surface area contributed by atoms with Gasteiger partial charge in [0, 0.05) is 18.1 Å². The lowest BCUT2D eigenvalue weighted by molar-refractivity contribution is -0.125. The van der Waals surface area contributed by atoms with Crippen molar-refractivity contribution in [2.75, 3.05) is 11.9 Å². The van der Waals surface area contributed by atoms with Crippen LogP contribution in [-0.4, -0.2) is 23.5 Å². The van der Waals surface area contributed by atoms with Crippen molar-refractivity contribution in [3.05, 3.63) is 11.6 Å². The number of aromatic nitrogens is 1. The van der Waals surface area contributed by atoms with Gasteiger partial charge in [0.15, 0.2) is 5.13 Å². The number of carbonyl (C=O) groups excluding carboxylic acids is 2. The van der Waals surface area contributed by atoms with Crippen LogP contribution in [0.3, 0.4) is 0 Å². The number of urea groups is 1. The molecule has 1 aromatic rings. The van der Waals surface area contributed by atoms with Gasteiger partial charge in [-0.05, 0) is 13.8 Å². The smallest absolute Gasteiger partial charge is 0.321 e. The fourth-order valence-corrected chi connectivity index (χ4v) is 1.34. The minimum absolute atomic E-state index is 0.180. The predicted octanol–water partition coefficient (Wildman–Crippen LogP) is 0.776. The lowest BCUT2D eigenvalue weighted by atomic mass is 9.93. The first kappa shape index (κ1) is 12.4. The Bertz CT molecular complexity index is 375. The van der Waals surface area contributed by atoms with Gasteiger partial charge in [0.2, 0.25) is 5.91 Å². The average molecular weight is 242 g/mol. The van der Waals surface area contributed by atoms with Gasteiger partial charge in [0.1, 0.15) is 0 Å². The largest absolute Gasteiger partial charge is 0.369 e. The number of thiazole rings is 1. The second-order valence-corrected chi connectivity index (χ2v) is 4.79. The van der Waals surface area contributed by atoms with E-state index in [0.29, 0.717) is 5.13 Å². The third kappa shape index (κ3) is 3.50. The third-order valence-corrected chi connectivity index (χ3v) is 2.70. The van der Waals surface area contributed by atoms with Crippen molar-refractivity contribution in [1.82, 2.24) is 10.3 Å². The van der Waals surface area contributed by atoms with Gasteiger partial charge in [0.05, 0.1) is 5.41 Å². The Morgan fingerprint density at radius 2 is 2.25 bits per heavy atom. The Hall–Kier alpha value is -1.63. The second kappa shape index (κ2) is 4.93. The van der Waals surface area contributed by atoms with E-state index in [1.54, 1.807) is 25.4 Å². The van der Waals surface area contributed by atoms with E-state index < -0.39 is 17.4 Å². The molecule has 0 fully saturated rings. The summed E-state index contributed by atoms with van der Waals surface area (Å²) in [5.41, 5.74) is 4.41. The SMILES string of the molecule is CC(C)(CNC(=O)Nc1nccs1)C(N)=O. The number of primary amides is 1. The summed E-state index contributed by atoms with van der Waals surface area (Å²) in [7, 11) is 0.